The average molecular weight is 343 g/mol. The van der Waals surface area contributed by atoms with E-state index in [9.17, 15) is 9.90 Å². The standard InChI is InChI=1S/C20H25NO4/c1-19(2,3)14-9-12(10-15(18(14)24)20(4,5)6)16-11-13(25-21-16)7-8-17(22)23/h7-11,24H,1-6H3,(H,22,23). The topological polar surface area (TPSA) is 83.6 Å². The van der Waals surface area contributed by atoms with Crippen LogP contribution in [0.15, 0.2) is 28.8 Å². The number of phenolic OH excluding ortho intramolecular Hbond substituents is 1. The summed E-state index contributed by atoms with van der Waals surface area (Å²) in [6, 6.07) is 5.50. The highest BCUT2D eigenvalue weighted by Crippen LogP contribution is 2.41. The molecule has 2 N–H and O–H groups in total. The minimum Gasteiger partial charge on any atom is -0.507 e. The van der Waals surface area contributed by atoms with Crippen LogP contribution in [0.3, 0.4) is 0 Å². The molecule has 5 heteroatoms. The van der Waals surface area contributed by atoms with Gasteiger partial charge in [-0.25, -0.2) is 4.79 Å². The number of aromatic hydroxyl groups is 1. The van der Waals surface area contributed by atoms with E-state index in [0.717, 1.165) is 22.8 Å². The Kier molecular flexibility index (Phi) is 4.80. The van der Waals surface area contributed by atoms with Gasteiger partial charge >= 0.3 is 5.97 Å². The van der Waals surface area contributed by atoms with E-state index in [-0.39, 0.29) is 10.8 Å². The highest BCUT2D eigenvalue weighted by atomic mass is 16.5. The number of nitrogens with zero attached hydrogens (tertiary/aromatic N) is 1. The number of carbonyl (C=O) groups is 1. The second-order valence-electron chi connectivity index (χ2n) is 8.21. The zero-order chi connectivity index (χ0) is 19.0. The second-order valence-corrected chi connectivity index (χ2v) is 8.21. The number of carboxylic acid groups (broad SMARTS) is 1. The van der Waals surface area contributed by atoms with E-state index in [2.05, 4.69) is 5.16 Å². The first-order valence-corrected chi connectivity index (χ1v) is 8.15. The third-order valence-electron chi connectivity index (χ3n) is 3.94. The number of phenols is 1. The molecule has 0 atom stereocenters. The smallest absolute Gasteiger partial charge is 0.328 e. The first-order valence-electron chi connectivity index (χ1n) is 8.15. The Morgan fingerprint density at radius 3 is 2.00 bits per heavy atom. The van der Waals surface area contributed by atoms with Crippen LogP contribution in [0.25, 0.3) is 17.3 Å². The Balaban J connectivity index is 2.60. The van der Waals surface area contributed by atoms with Gasteiger partial charge in [0.2, 0.25) is 0 Å². The lowest BCUT2D eigenvalue weighted by atomic mass is 9.78. The molecule has 0 radical (unpaired) electrons. The van der Waals surface area contributed by atoms with Crippen LogP contribution < -0.4 is 0 Å². The van der Waals surface area contributed by atoms with Gasteiger partial charge in [-0.05, 0) is 29.0 Å². The van der Waals surface area contributed by atoms with Crippen molar-refractivity contribution in [2.75, 3.05) is 0 Å². The summed E-state index contributed by atoms with van der Waals surface area (Å²) in [7, 11) is 0. The van der Waals surface area contributed by atoms with Crippen molar-refractivity contribution >= 4 is 12.0 Å². The number of aliphatic carboxylic acids is 1. The van der Waals surface area contributed by atoms with Gasteiger partial charge in [0, 0.05) is 28.8 Å². The van der Waals surface area contributed by atoms with Crippen LogP contribution in [-0.2, 0) is 15.6 Å². The van der Waals surface area contributed by atoms with Crippen molar-refractivity contribution in [3.05, 3.63) is 41.2 Å². The Labute approximate surface area is 148 Å². The highest BCUT2D eigenvalue weighted by Gasteiger charge is 2.27. The molecule has 2 rings (SSSR count). The second kappa shape index (κ2) is 6.39. The molecule has 5 nitrogen and oxygen atoms in total. The predicted molar refractivity (Wildman–Crippen MR) is 97.7 cm³/mol. The lowest BCUT2D eigenvalue weighted by Gasteiger charge is -2.28. The molecule has 0 unspecified atom stereocenters. The number of hydrogen-bond donors (Lipinski definition) is 2. The van der Waals surface area contributed by atoms with Crippen molar-refractivity contribution in [1.29, 1.82) is 0 Å². The van der Waals surface area contributed by atoms with Crippen LogP contribution in [0.4, 0.5) is 0 Å². The van der Waals surface area contributed by atoms with E-state index in [1.165, 1.54) is 6.08 Å². The molecule has 0 fully saturated rings. The molecule has 0 aliphatic heterocycles. The summed E-state index contributed by atoms with van der Waals surface area (Å²) in [6.07, 6.45) is 2.36. The normalized spacial score (nSPS) is 12.7. The Morgan fingerprint density at radius 1 is 1.04 bits per heavy atom. The molecular formula is C20H25NO4. The Hall–Kier alpha value is -2.56. The average Bonchev–Trinajstić information content (AvgIpc) is 2.91. The number of carboxylic acids is 1. The molecule has 25 heavy (non-hydrogen) atoms. The van der Waals surface area contributed by atoms with Crippen LogP contribution in [-0.4, -0.2) is 21.3 Å². The van der Waals surface area contributed by atoms with Gasteiger partial charge < -0.3 is 14.7 Å². The molecule has 0 amide bonds. The molecule has 0 spiro atoms. The molecular weight excluding hydrogens is 318 g/mol. The summed E-state index contributed by atoms with van der Waals surface area (Å²) in [6.45, 7) is 12.3. The SMILES string of the molecule is CC(C)(C)c1cc(-c2cc(C=CC(=O)O)on2)cc(C(C)(C)C)c1O. The maximum absolute atomic E-state index is 10.8. The van der Waals surface area contributed by atoms with Gasteiger partial charge in [0.25, 0.3) is 0 Å². The number of benzene rings is 1. The fourth-order valence-electron chi connectivity index (χ4n) is 2.58. The monoisotopic (exact) mass is 343 g/mol. The van der Waals surface area contributed by atoms with Crippen LogP contribution >= 0.6 is 0 Å². The van der Waals surface area contributed by atoms with E-state index in [1.807, 2.05) is 53.7 Å². The van der Waals surface area contributed by atoms with Gasteiger partial charge in [-0.2, -0.15) is 0 Å². The fraction of sp³-hybridized carbons (Fsp3) is 0.400. The summed E-state index contributed by atoms with van der Waals surface area (Å²) in [5.74, 6) is -0.383. The number of aromatic nitrogens is 1. The van der Waals surface area contributed by atoms with E-state index in [1.54, 1.807) is 6.07 Å². The van der Waals surface area contributed by atoms with Gasteiger partial charge in [-0.3, -0.25) is 0 Å². The van der Waals surface area contributed by atoms with Gasteiger partial charge in [0.1, 0.15) is 11.4 Å². The Morgan fingerprint density at radius 2 is 1.56 bits per heavy atom. The van der Waals surface area contributed by atoms with Gasteiger partial charge in [0.15, 0.2) is 5.76 Å². The summed E-state index contributed by atoms with van der Waals surface area (Å²) in [5.41, 5.74) is 2.61. The van der Waals surface area contributed by atoms with Crippen LogP contribution in [0.5, 0.6) is 5.75 Å². The largest absolute Gasteiger partial charge is 0.507 e. The molecule has 1 aromatic carbocycles. The van der Waals surface area contributed by atoms with Gasteiger partial charge in [-0.1, -0.05) is 46.7 Å². The predicted octanol–water partition coefficient (Wildman–Crippen LogP) is 4.74. The van der Waals surface area contributed by atoms with E-state index in [4.69, 9.17) is 9.63 Å². The minimum atomic E-state index is -1.05. The summed E-state index contributed by atoms with van der Waals surface area (Å²) < 4.78 is 5.19. The fourth-order valence-corrected chi connectivity index (χ4v) is 2.58. The summed E-state index contributed by atoms with van der Waals surface area (Å²) in [4.78, 5) is 10.6. The number of hydrogen-bond acceptors (Lipinski definition) is 4. The van der Waals surface area contributed by atoms with Crippen molar-refractivity contribution in [2.45, 2.75) is 52.4 Å². The third kappa shape index (κ3) is 4.29. The lowest BCUT2D eigenvalue weighted by molar-refractivity contribution is -0.131. The van der Waals surface area contributed by atoms with Crippen molar-refractivity contribution in [2.24, 2.45) is 0 Å². The molecule has 0 saturated carbocycles. The highest BCUT2D eigenvalue weighted by molar-refractivity contribution is 5.85. The van der Waals surface area contributed by atoms with E-state index < -0.39 is 5.97 Å². The maximum Gasteiger partial charge on any atom is 0.328 e. The molecule has 2 aromatic rings. The molecule has 0 aliphatic rings. The molecule has 134 valence electrons. The first-order chi connectivity index (χ1) is 11.4. The lowest BCUT2D eigenvalue weighted by Crippen LogP contribution is -2.17. The summed E-state index contributed by atoms with van der Waals surface area (Å²) >= 11 is 0. The third-order valence-corrected chi connectivity index (χ3v) is 3.94. The Bertz CT molecular complexity index is 782. The van der Waals surface area contributed by atoms with Crippen LogP contribution in [0, 0.1) is 0 Å². The zero-order valence-electron chi connectivity index (χ0n) is 15.5. The molecule has 1 aromatic heterocycles. The van der Waals surface area contributed by atoms with E-state index in [0.29, 0.717) is 17.2 Å². The molecule has 0 bridgehead atoms. The zero-order valence-corrected chi connectivity index (χ0v) is 15.5. The minimum absolute atomic E-state index is 0.240. The quantitative estimate of drug-likeness (QED) is 0.786. The van der Waals surface area contributed by atoms with Crippen molar-refractivity contribution in [3.8, 4) is 17.0 Å². The van der Waals surface area contributed by atoms with Crippen molar-refractivity contribution < 1.29 is 19.5 Å². The summed E-state index contributed by atoms with van der Waals surface area (Å²) in [5, 5.41) is 23.5. The van der Waals surface area contributed by atoms with Crippen molar-refractivity contribution in [1.82, 2.24) is 5.16 Å². The molecule has 0 aliphatic carbocycles. The van der Waals surface area contributed by atoms with Gasteiger partial charge in [0.05, 0.1) is 0 Å². The van der Waals surface area contributed by atoms with Crippen LogP contribution in [0.2, 0.25) is 0 Å². The maximum atomic E-state index is 10.8. The van der Waals surface area contributed by atoms with Gasteiger partial charge in [-0.15, -0.1) is 0 Å². The van der Waals surface area contributed by atoms with E-state index >= 15 is 0 Å². The molecule has 0 saturated heterocycles. The first kappa shape index (κ1) is 18.8. The number of rotatable bonds is 3. The van der Waals surface area contributed by atoms with Crippen LogP contribution in [0.1, 0.15) is 58.4 Å². The van der Waals surface area contributed by atoms with Crippen molar-refractivity contribution in [3.63, 3.8) is 0 Å². The molecule has 1 heterocycles.